The fourth-order valence-corrected chi connectivity index (χ4v) is 3.27. The molecule has 1 aliphatic carbocycles. The maximum absolute atomic E-state index is 12.6. The van der Waals surface area contributed by atoms with Gasteiger partial charge in [-0.3, -0.25) is 24.3 Å². The number of nitrogens with zero attached hydrogens (tertiary/aromatic N) is 1. The topological polar surface area (TPSA) is 158 Å². The summed E-state index contributed by atoms with van der Waals surface area (Å²) < 4.78 is 32.0. The number of nitrogens with two attached hydrogens (primary N) is 1. The van der Waals surface area contributed by atoms with E-state index in [1.54, 1.807) is 0 Å². The summed E-state index contributed by atoms with van der Waals surface area (Å²) in [7, 11) is -4.93. The quantitative estimate of drug-likeness (QED) is 0.220. The summed E-state index contributed by atoms with van der Waals surface area (Å²) >= 11 is 0. The Labute approximate surface area is 163 Å². The van der Waals surface area contributed by atoms with Crippen molar-refractivity contribution in [2.75, 3.05) is 5.73 Å². The molecule has 0 unspecified atom stereocenters. The normalized spacial score (nSPS) is 12.8. The number of benzene rings is 2. The molecule has 11 heteroatoms. The molecule has 9 nitrogen and oxygen atoms in total. The van der Waals surface area contributed by atoms with E-state index in [1.165, 1.54) is 24.3 Å². The van der Waals surface area contributed by atoms with Crippen molar-refractivity contribution < 1.29 is 27.5 Å². The number of nitro benzene ring substituents is 1. The molecule has 3 N–H and O–H groups in total. The van der Waals surface area contributed by atoms with E-state index < -0.39 is 54.0 Å². The number of nitrogen functional groups attached to an aromatic ring is 1. The van der Waals surface area contributed by atoms with Crippen LogP contribution >= 0.6 is 0 Å². The molecule has 25 heavy (non-hydrogen) atoms. The summed E-state index contributed by atoms with van der Waals surface area (Å²) in [5, 5.41) is 11.3. The molecule has 1 radical (unpaired) electrons. The zero-order valence-corrected chi connectivity index (χ0v) is 15.5. The summed E-state index contributed by atoms with van der Waals surface area (Å²) in [6, 6.07) is 6.09. The average Bonchev–Trinajstić information content (AvgIpc) is 2.50. The van der Waals surface area contributed by atoms with Crippen molar-refractivity contribution in [2.45, 2.75) is 4.90 Å². The average molecular weight is 371 g/mol. The van der Waals surface area contributed by atoms with Crippen LogP contribution in [-0.4, -0.2) is 59.0 Å². The number of rotatable bonds is 2. The molecule has 0 bridgehead atoms. The first-order valence-electron chi connectivity index (χ1n) is 6.41. The van der Waals surface area contributed by atoms with Crippen molar-refractivity contribution in [3.63, 3.8) is 0 Å². The Bertz CT molecular complexity index is 1060. The van der Waals surface area contributed by atoms with Crippen molar-refractivity contribution in [3.8, 4) is 0 Å². The van der Waals surface area contributed by atoms with Gasteiger partial charge >= 0.3 is 0 Å². The van der Waals surface area contributed by atoms with Crippen LogP contribution in [0, 0.1) is 10.1 Å². The fraction of sp³-hybridized carbons (Fsp3) is 0. The van der Waals surface area contributed by atoms with Crippen LogP contribution in [0.5, 0.6) is 0 Å². The number of hydrogen-bond acceptors (Lipinski definition) is 7. The van der Waals surface area contributed by atoms with Gasteiger partial charge in [-0.1, -0.05) is 24.3 Å². The summed E-state index contributed by atoms with van der Waals surface area (Å²) in [4.78, 5) is 34.4. The molecule has 0 fully saturated rings. The van der Waals surface area contributed by atoms with E-state index in [-0.39, 0.29) is 40.7 Å². The number of anilines is 1. The maximum atomic E-state index is 12.6. The summed E-state index contributed by atoms with van der Waals surface area (Å²) in [5.74, 6) is -1.65. The van der Waals surface area contributed by atoms with E-state index in [1.807, 2.05) is 0 Å². The molecule has 0 spiro atoms. The summed E-state index contributed by atoms with van der Waals surface area (Å²) in [6.07, 6.45) is 0. The van der Waals surface area contributed by atoms with Crippen LogP contribution in [0.4, 0.5) is 11.4 Å². The Kier molecular flexibility index (Phi) is 4.86. The number of carbonyl (C=O) groups excluding carboxylic acids is 2. The second-order valence-corrected chi connectivity index (χ2v) is 6.38. The van der Waals surface area contributed by atoms with E-state index in [4.69, 9.17) is 5.73 Å². The van der Waals surface area contributed by atoms with Crippen molar-refractivity contribution in [1.29, 1.82) is 0 Å². The number of ketones is 2. The van der Waals surface area contributed by atoms with Gasteiger partial charge in [-0.2, -0.15) is 8.42 Å². The summed E-state index contributed by atoms with van der Waals surface area (Å²) in [5.41, 5.74) is 2.73. The van der Waals surface area contributed by atoms with Gasteiger partial charge in [0.25, 0.3) is 15.8 Å². The van der Waals surface area contributed by atoms with Crippen LogP contribution in [0.25, 0.3) is 0 Å². The minimum atomic E-state index is -4.93. The van der Waals surface area contributed by atoms with E-state index in [0.717, 1.165) is 0 Å². The molecule has 0 amide bonds. The van der Waals surface area contributed by atoms with E-state index in [0.29, 0.717) is 6.07 Å². The Morgan fingerprint density at radius 2 is 1.52 bits per heavy atom. The number of carbonyl (C=O) groups is 2. The summed E-state index contributed by atoms with van der Waals surface area (Å²) in [6.45, 7) is 0. The Hall–Kier alpha value is -2.11. The molecular weight excluding hydrogens is 363 g/mol. The van der Waals surface area contributed by atoms with Crippen LogP contribution in [0.3, 0.4) is 0 Å². The Morgan fingerprint density at radius 3 is 1.96 bits per heavy atom. The predicted octanol–water partition coefficient (Wildman–Crippen LogP) is 0.818. The van der Waals surface area contributed by atoms with Gasteiger partial charge in [0.1, 0.15) is 10.5 Å². The van der Waals surface area contributed by atoms with Crippen molar-refractivity contribution in [1.82, 2.24) is 0 Å². The van der Waals surface area contributed by atoms with Gasteiger partial charge in [-0.05, 0) is 0 Å². The third-order valence-corrected chi connectivity index (χ3v) is 4.55. The molecule has 0 heterocycles. The van der Waals surface area contributed by atoms with Gasteiger partial charge in [0, 0.05) is 46.8 Å². The van der Waals surface area contributed by atoms with Crippen LogP contribution < -0.4 is 5.73 Å². The standard InChI is InChI=1S/C14H8N2O7S.Na/c15-12-9(24(21,22)23)5-8(16(19)20)10-11(12)14(18)7-4-2-1-3-6(7)13(10)17;/h1-5H,15H2,(H,21,22,23);. The molecule has 0 atom stereocenters. The van der Waals surface area contributed by atoms with E-state index in [2.05, 4.69) is 0 Å². The second kappa shape index (κ2) is 6.32. The molecule has 0 saturated heterocycles. The van der Waals surface area contributed by atoms with Crippen molar-refractivity contribution >= 4 is 62.6 Å². The number of hydrogen-bond donors (Lipinski definition) is 2. The first-order chi connectivity index (χ1) is 11.1. The van der Waals surface area contributed by atoms with Gasteiger partial charge in [0.2, 0.25) is 5.78 Å². The zero-order valence-electron chi connectivity index (χ0n) is 12.7. The van der Waals surface area contributed by atoms with Gasteiger partial charge in [-0.25, -0.2) is 0 Å². The first-order valence-corrected chi connectivity index (χ1v) is 7.85. The largest absolute Gasteiger partial charge is 0.397 e. The molecule has 0 aromatic heterocycles. The Morgan fingerprint density at radius 1 is 1.04 bits per heavy atom. The predicted molar refractivity (Wildman–Crippen MR) is 86.4 cm³/mol. The van der Waals surface area contributed by atoms with E-state index >= 15 is 0 Å². The third kappa shape index (κ3) is 2.87. The molecule has 2 aromatic carbocycles. The minimum absolute atomic E-state index is 0. The first kappa shape index (κ1) is 19.2. The van der Waals surface area contributed by atoms with Gasteiger partial charge in [-0.15, -0.1) is 0 Å². The third-order valence-electron chi connectivity index (χ3n) is 3.65. The van der Waals surface area contributed by atoms with Gasteiger partial charge < -0.3 is 5.73 Å². The zero-order chi connectivity index (χ0) is 17.8. The van der Waals surface area contributed by atoms with Crippen LogP contribution in [0.1, 0.15) is 31.8 Å². The van der Waals surface area contributed by atoms with E-state index in [9.17, 15) is 32.7 Å². The monoisotopic (exact) mass is 371 g/mol. The van der Waals surface area contributed by atoms with Crippen molar-refractivity contribution in [2.24, 2.45) is 0 Å². The van der Waals surface area contributed by atoms with Crippen LogP contribution in [0.2, 0.25) is 0 Å². The van der Waals surface area contributed by atoms with Crippen LogP contribution in [0.15, 0.2) is 35.2 Å². The number of nitro groups is 1. The SMILES string of the molecule is Nc1c(S(=O)(=O)O)cc([N+](=O)[O-])c2c1C(=O)c1ccccc1C2=O.[Na]. The molecule has 0 aliphatic heterocycles. The molecule has 123 valence electrons. The Balaban J connectivity index is 0.00000225. The minimum Gasteiger partial charge on any atom is -0.397 e. The fourth-order valence-electron chi connectivity index (χ4n) is 2.63. The van der Waals surface area contributed by atoms with Crippen LogP contribution in [-0.2, 0) is 10.1 Å². The second-order valence-electron chi connectivity index (χ2n) is 4.99. The van der Waals surface area contributed by atoms with Gasteiger partial charge in [0.05, 0.1) is 16.2 Å². The smallest absolute Gasteiger partial charge is 0.296 e. The molecule has 1 aliphatic rings. The molecule has 2 aromatic rings. The number of fused-ring (bicyclic) bond motifs is 2. The molecular formula is C14H8N2NaO7S. The maximum Gasteiger partial charge on any atom is 0.296 e. The van der Waals surface area contributed by atoms with Gasteiger partial charge in [0.15, 0.2) is 5.78 Å². The van der Waals surface area contributed by atoms with Crippen molar-refractivity contribution in [3.05, 3.63) is 62.7 Å². The molecule has 3 rings (SSSR count). The molecule has 0 saturated carbocycles.